The summed E-state index contributed by atoms with van der Waals surface area (Å²) in [6, 6.07) is 3.33. The van der Waals surface area contributed by atoms with Gasteiger partial charge in [-0.25, -0.2) is 0 Å². The van der Waals surface area contributed by atoms with Crippen molar-refractivity contribution < 1.29 is 19.0 Å². The number of nitrogens with zero attached hydrogens (tertiary/aromatic N) is 1. The van der Waals surface area contributed by atoms with Gasteiger partial charge in [-0.05, 0) is 31.9 Å². The van der Waals surface area contributed by atoms with Crippen LogP contribution in [0.4, 0.5) is 0 Å². The lowest BCUT2D eigenvalue weighted by Gasteiger charge is -2.35. The molecule has 1 aliphatic heterocycles. The van der Waals surface area contributed by atoms with Crippen LogP contribution < -0.4 is 9.47 Å². The zero-order valence-electron chi connectivity index (χ0n) is 15.0. The first-order valence-electron chi connectivity index (χ1n) is 8.26. The first kappa shape index (κ1) is 18.9. The first-order valence-corrected chi connectivity index (χ1v) is 8.64. The molecule has 6 heteroatoms. The van der Waals surface area contributed by atoms with Gasteiger partial charge in [0, 0.05) is 18.7 Å². The van der Waals surface area contributed by atoms with E-state index in [4.69, 9.17) is 25.8 Å². The van der Waals surface area contributed by atoms with Crippen LogP contribution in [0.3, 0.4) is 0 Å². The molecule has 134 valence electrons. The summed E-state index contributed by atoms with van der Waals surface area (Å²) in [5, 5.41) is 0.382. The number of carbonyl (C=O) groups is 1. The van der Waals surface area contributed by atoms with Crippen molar-refractivity contribution in [2.24, 2.45) is 5.92 Å². The lowest BCUT2D eigenvalue weighted by Crippen LogP contribution is -2.48. The van der Waals surface area contributed by atoms with Crippen LogP contribution in [0.5, 0.6) is 11.5 Å². The number of morpholine rings is 1. The van der Waals surface area contributed by atoms with Crippen molar-refractivity contribution in [3.63, 3.8) is 0 Å². The van der Waals surface area contributed by atoms with Gasteiger partial charge in [0.1, 0.15) is 0 Å². The summed E-state index contributed by atoms with van der Waals surface area (Å²) in [6.45, 7) is 9.70. The van der Waals surface area contributed by atoms with Crippen LogP contribution in [-0.2, 0) is 4.74 Å². The zero-order chi connectivity index (χ0) is 17.9. The van der Waals surface area contributed by atoms with Gasteiger partial charge in [0.25, 0.3) is 5.91 Å². The topological polar surface area (TPSA) is 48.0 Å². The maximum atomic E-state index is 12.8. The molecule has 2 atom stereocenters. The monoisotopic (exact) mass is 355 g/mol. The number of hydrogen-bond donors (Lipinski definition) is 0. The predicted molar refractivity (Wildman–Crippen MR) is 94.2 cm³/mol. The Morgan fingerprint density at radius 3 is 2.50 bits per heavy atom. The van der Waals surface area contributed by atoms with Crippen LogP contribution in [-0.4, -0.2) is 49.8 Å². The zero-order valence-corrected chi connectivity index (χ0v) is 15.7. The molecule has 1 amide bonds. The molecule has 5 nitrogen and oxygen atoms in total. The highest BCUT2D eigenvalue weighted by molar-refractivity contribution is 6.32. The maximum Gasteiger partial charge on any atom is 0.254 e. The SMILES string of the molecule is COc1cc(C(=O)N2CC(C)OC(C)C2)cc(Cl)c1OCC(C)C. The third-order valence-corrected chi connectivity index (χ3v) is 4.02. The number of hydrogen-bond acceptors (Lipinski definition) is 4. The maximum absolute atomic E-state index is 12.8. The Balaban J connectivity index is 2.24. The van der Waals surface area contributed by atoms with E-state index in [0.717, 1.165) is 0 Å². The Bertz CT molecular complexity index is 581. The van der Waals surface area contributed by atoms with Crippen molar-refractivity contribution in [1.82, 2.24) is 4.90 Å². The minimum atomic E-state index is -0.0763. The second kappa shape index (κ2) is 8.08. The molecule has 0 spiro atoms. The summed E-state index contributed by atoms with van der Waals surface area (Å²) >= 11 is 6.34. The summed E-state index contributed by atoms with van der Waals surface area (Å²) in [4.78, 5) is 14.6. The summed E-state index contributed by atoms with van der Waals surface area (Å²) in [7, 11) is 1.54. The van der Waals surface area contributed by atoms with Crippen molar-refractivity contribution in [3.05, 3.63) is 22.7 Å². The molecule has 1 fully saturated rings. The van der Waals surface area contributed by atoms with Gasteiger partial charge in [-0.2, -0.15) is 0 Å². The number of methoxy groups -OCH3 is 1. The lowest BCUT2D eigenvalue weighted by atomic mass is 10.1. The van der Waals surface area contributed by atoms with Crippen molar-refractivity contribution >= 4 is 17.5 Å². The molecule has 24 heavy (non-hydrogen) atoms. The van der Waals surface area contributed by atoms with Crippen molar-refractivity contribution in [2.45, 2.75) is 39.9 Å². The molecule has 0 aromatic heterocycles. The molecule has 1 aliphatic rings. The highest BCUT2D eigenvalue weighted by Gasteiger charge is 2.27. The smallest absolute Gasteiger partial charge is 0.254 e. The van der Waals surface area contributed by atoms with Crippen LogP contribution in [0.1, 0.15) is 38.1 Å². The molecule has 1 aromatic carbocycles. The summed E-state index contributed by atoms with van der Waals surface area (Å²) in [6.07, 6.45) is 0.0347. The Hall–Kier alpha value is -1.46. The van der Waals surface area contributed by atoms with Crippen molar-refractivity contribution in [1.29, 1.82) is 0 Å². The average molecular weight is 356 g/mol. The molecular weight excluding hydrogens is 330 g/mol. The van der Waals surface area contributed by atoms with Crippen LogP contribution in [0, 0.1) is 5.92 Å². The van der Waals surface area contributed by atoms with Crippen molar-refractivity contribution in [2.75, 3.05) is 26.8 Å². The van der Waals surface area contributed by atoms with Gasteiger partial charge >= 0.3 is 0 Å². The average Bonchev–Trinajstić information content (AvgIpc) is 2.51. The quantitative estimate of drug-likeness (QED) is 0.809. The van der Waals surface area contributed by atoms with E-state index < -0.39 is 0 Å². The normalized spacial score (nSPS) is 21.0. The van der Waals surface area contributed by atoms with Gasteiger partial charge in [-0.3, -0.25) is 4.79 Å². The highest BCUT2D eigenvalue weighted by atomic mass is 35.5. The van der Waals surface area contributed by atoms with E-state index in [1.54, 1.807) is 24.1 Å². The van der Waals surface area contributed by atoms with Gasteiger partial charge in [0.15, 0.2) is 11.5 Å². The first-order chi connectivity index (χ1) is 11.3. The number of ether oxygens (including phenoxy) is 3. The van der Waals surface area contributed by atoms with E-state index in [2.05, 4.69) is 13.8 Å². The minimum Gasteiger partial charge on any atom is -0.493 e. The van der Waals surface area contributed by atoms with E-state index >= 15 is 0 Å². The van der Waals surface area contributed by atoms with E-state index in [0.29, 0.717) is 47.7 Å². The molecule has 2 unspecified atom stereocenters. The predicted octanol–water partition coefficient (Wildman–Crippen LogP) is 3.63. The summed E-state index contributed by atoms with van der Waals surface area (Å²) in [5.74, 6) is 1.24. The fraction of sp³-hybridized carbons (Fsp3) is 0.611. The number of carbonyl (C=O) groups excluding carboxylic acids is 1. The minimum absolute atomic E-state index is 0.0173. The molecule has 0 aliphatic carbocycles. The van der Waals surface area contributed by atoms with E-state index in [1.807, 2.05) is 13.8 Å². The highest BCUT2D eigenvalue weighted by Crippen LogP contribution is 2.37. The van der Waals surface area contributed by atoms with Crippen LogP contribution in [0.15, 0.2) is 12.1 Å². The van der Waals surface area contributed by atoms with E-state index in [-0.39, 0.29) is 18.1 Å². The number of amides is 1. The molecule has 2 rings (SSSR count). The van der Waals surface area contributed by atoms with Gasteiger partial charge < -0.3 is 19.1 Å². The summed E-state index contributed by atoms with van der Waals surface area (Å²) in [5.41, 5.74) is 0.495. The second-order valence-electron chi connectivity index (χ2n) is 6.66. The molecule has 1 saturated heterocycles. The fourth-order valence-electron chi connectivity index (χ4n) is 2.76. The number of halogens is 1. The van der Waals surface area contributed by atoms with Crippen LogP contribution in [0.25, 0.3) is 0 Å². The van der Waals surface area contributed by atoms with Gasteiger partial charge in [0.05, 0.1) is 30.9 Å². The molecule has 1 aromatic rings. The molecule has 0 bridgehead atoms. The Morgan fingerprint density at radius 2 is 1.96 bits per heavy atom. The standard InChI is InChI=1S/C18H26ClNO4/c1-11(2)10-23-17-15(19)6-14(7-16(17)22-5)18(21)20-8-12(3)24-13(4)9-20/h6-7,11-13H,8-10H2,1-5H3. The fourth-order valence-corrected chi connectivity index (χ4v) is 3.02. The van der Waals surface area contributed by atoms with Gasteiger partial charge in [-0.1, -0.05) is 25.4 Å². The third kappa shape index (κ3) is 4.54. The Morgan fingerprint density at radius 1 is 1.33 bits per heavy atom. The Labute approximate surface area is 148 Å². The largest absolute Gasteiger partial charge is 0.493 e. The molecular formula is C18H26ClNO4. The molecule has 0 N–H and O–H groups in total. The van der Waals surface area contributed by atoms with Crippen molar-refractivity contribution in [3.8, 4) is 11.5 Å². The van der Waals surface area contributed by atoms with Gasteiger partial charge in [0.2, 0.25) is 0 Å². The number of benzene rings is 1. The molecule has 0 radical (unpaired) electrons. The van der Waals surface area contributed by atoms with E-state index in [1.165, 1.54) is 0 Å². The Kier molecular flexibility index (Phi) is 6.35. The molecule has 0 saturated carbocycles. The number of rotatable bonds is 5. The lowest BCUT2D eigenvalue weighted by molar-refractivity contribution is -0.0586. The summed E-state index contributed by atoms with van der Waals surface area (Å²) < 4.78 is 16.8. The van der Waals surface area contributed by atoms with E-state index in [9.17, 15) is 4.79 Å². The van der Waals surface area contributed by atoms with Gasteiger partial charge in [-0.15, -0.1) is 0 Å². The van der Waals surface area contributed by atoms with Crippen LogP contribution >= 0.6 is 11.6 Å². The second-order valence-corrected chi connectivity index (χ2v) is 7.07. The molecule has 1 heterocycles. The van der Waals surface area contributed by atoms with Crippen LogP contribution in [0.2, 0.25) is 5.02 Å². The third-order valence-electron chi connectivity index (χ3n) is 3.74.